The van der Waals surface area contributed by atoms with Crippen molar-refractivity contribution in [3.63, 3.8) is 0 Å². The number of hydrogen-bond donors (Lipinski definition) is 0. The van der Waals surface area contributed by atoms with Gasteiger partial charge in [0.05, 0.1) is 10.9 Å². The van der Waals surface area contributed by atoms with Gasteiger partial charge in [-0.15, -0.1) is 0 Å². The molecule has 3 aromatic heterocycles. The van der Waals surface area contributed by atoms with Gasteiger partial charge in [-0.2, -0.15) is 0 Å². The molecule has 0 N–H and O–H groups in total. The zero-order valence-electron chi connectivity index (χ0n) is 25.7. The largest absolute Gasteiger partial charge is 0.437 e. The standard InChI is InChI=1S/C24H27N2O/c1-13(2)19-11-20(26(7)12-16(19)5)22-14(3)8-9-18-21-15(4)10-17(6)25-24(21)27-23(18)22/h8-13H,1-7H3/q+1/i1D3,4D3,5D3,13D. The van der Waals surface area contributed by atoms with Crippen LogP contribution >= 0.6 is 0 Å². The van der Waals surface area contributed by atoms with Gasteiger partial charge in [0.1, 0.15) is 7.05 Å². The molecule has 3 heterocycles. The highest BCUT2D eigenvalue weighted by Crippen LogP contribution is 2.38. The Morgan fingerprint density at radius 2 is 1.96 bits per heavy atom. The monoisotopic (exact) mass is 369 g/mol. The number of aryl methyl sites for hydroxylation is 5. The fourth-order valence-electron chi connectivity index (χ4n) is 3.59. The van der Waals surface area contributed by atoms with Gasteiger partial charge in [-0.3, -0.25) is 0 Å². The van der Waals surface area contributed by atoms with E-state index >= 15 is 0 Å². The van der Waals surface area contributed by atoms with Crippen LogP contribution in [0, 0.1) is 27.6 Å². The number of aromatic nitrogens is 2. The summed E-state index contributed by atoms with van der Waals surface area (Å²) in [7, 11) is 1.63. The Kier molecular flexibility index (Phi) is 2.18. The molecule has 0 amide bonds. The molecule has 0 radical (unpaired) electrons. The maximum atomic E-state index is 8.68. The van der Waals surface area contributed by atoms with Crippen molar-refractivity contribution in [3.8, 4) is 11.3 Å². The predicted octanol–water partition coefficient (Wildman–Crippen LogP) is 5.83. The first kappa shape index (κ1) is 9.50. The lowest BCUT2D eigenvalue weighted by molar-refractivity contribution is -0.660. The first-order valence-corrected chi connectivity index (χ1v) is 8.64. The lowest BCUT2D eigenvalue weighted by atomic mass is 9.94. The smallest absolute Gasteiger partial charge is 0.227 e. The number of nitrogens with zero attached hydrogens (tertiary/aromatic N) is 2. The molecular formula is C24H27N2O+. The molecule has 138 valence electrons. The highest BCUT2D eigenvalue weighted by molar-refractivity contribution is 6.10. The lowest BCUT2D eigenvalue weighted by Crippen LogP contribution is -2.32. The Balaban J connectivity index is 2.15. The van der Waals surface area contributed by atoms with E-state index in [1.807, 2.05) is 6.92 Å². The van der Waals surface area contributed by atoms with Crippen molar-refractivity contribution in [1.82, 2.24) is 4.98 Å². The third-order valence-electron chi connectivity index (χ3n) is 4.88. The summed E-state index contributed by atoms with van der Waals surface area (Å²) in [5, 5.41) is 0.872. The summed E-state index contributed by atoms with van der Waals surface area (Å²) >= 11 is 0. The van der Waals surface area contributed by atoms with E-state index < -0.39 is 26.4 Å². The second kappa shape index (κ2) is 6.19. The van der Waals surface area contributed by atoms with E-state index in [1.165, 1.54) is 25.3 Å². The molecule has 0 fully saturated rings. The predicted molar refractivity (Wildman–Crippen MR) is 111 cm³/mol. The van der Waals surface area contributed by atoms with Gasteiger partial charge >= 0.3 is 0 Å². The summed E-state index contributed by atoms with van der Waals surface area (Å²) in [6.45, 7) is -3.21. The first-order chi connectivity index (χ1) is 16.7. The molecule has 1 aromatic carbocycles. The Labute approximate surface area is 174 Å². The summed E-state index contributed by atoms with van der Waals surface area (Å²) in [4.78, 5) is 4.41. The fraction of sp³-hybridized carbons (Fsp3) is 0.333. The van der Waals surface area contributed by atoms with E-state index in [2.05, 4.69) is 4.98 Å². The maximum Gasteiger partial charge on any atom is 0.227 e. The minimum absolute atomic E-state index is 0.104. The number of benzene rings is 1. The van der Waals surface area contributed by atoms with Gasteiger partial charge in [-0.1, -0.05) is 25.9 Å². The maximum absolute atomic E-state index is 8.68. The van der Waals surface area contributed by atoms with Crippen molar-refractivity contribution >= 4 is 22.1 Å². The summed E-state index contributed by atoms with van der Waals surface area (Å²) in [6.07, 6.45) is 1.33. The van der Waals surface area contributed by atoms with Crippen LogP contribution in [0.3, 0.4) is 0 Å². The first-order valence-electron chi connectivity index (χ1n) is 13.6. The van der Waals surface area contributed by atoms with Crippen LogP contribution < -0.4 is 4.57 Å². The van der Waals surface area contributed by atoms with Gasteiger partial charge in [0.2, 0.25) is 11.4 Å². The summed E-state index contributed by atoms with van der Waals surface area (Å²) in [6, 6.07) is 6.46. The molecule has 27 heavy (non-hydrogen) atoms. The van der Waals surface area contributed by atoms with Gasteiger partial charge in [0.15, 0.2) is 11.8 Å². The average molecular weight is 370 g/mol. The van der Waals surface area contributed by atoms with Crippen LogP contribution in [-0.2, 0) is 7.05 Å². The zero-order valence-corrected chi connectivity index (χ0v) is 15.7. The van der Waals surface area contributed by atoms with E-state index in [0.717, 1.165) is 5.56 Å². The van der Waals surface area contributed by atoms with Crippen molar-refractivity contribution in [2.24, 2.45) is 7.05 Å². The molecule has 1 atom stereocenters. The number of rotatable bonds is 2. The highest BCUT2D eigenvalue weighted by atomic mass is 16.3. The van der Waals surface area contributed by atoms with Gasteiger partial charge in [0.25, 0.3) is 0 Å². The van der Waals surface area contributed by atoms with Gasteiger partial charge in [0, 0.05) is 36.4 Å². The molecule has 0 aliphatic rings. The van der Waals surface area contributed by atoms with Crippen molar-refractivity contribution in [1.29, 1.82) is 0 Å². The minimum Gasteiger partial charge on any atom is -0.437 e. The van der Waals surface area contributed by atoms with Gasteiger partial charge < -0.3 is 4.42 Å². The molecule has 3 nitrogen and oxygen atoms in total. The average Bonchev–Trinajstić information content (AvgIpc) is 3.08. The topological polar surface area (TPSA) is 29.9 Å². The quantitative estimate of drug-likeness (QED) is 0.416. The van der Waals surface area contributed by atoms with E-state index in [9.17, 15) is 0 Å². The van der Waals surface area contributed by atoms with Crippen molar-refractivity contribution in [2.45, 2.75) is 47.2 Å². The summed E-state index contributed by atoms with van der Waals surface area (Å²) in [5.74, 6) is -2.22. The molecule has 0 bridgehead atoms. The van der Waals surface area contributed by atoms with Crippen molar-refractivity contribution in [2.75, 3.05) is 0 Å². The SMILES string of the molecule is [2H]C([2H])([2H])c1c[n+](C)c(-c2c(C)ccc3c2oc2nc(C)cc(C([2H])([2H])[2H])c23)cc1C([2H])(C)C([2H])([2H])[2H]. The molecule has 0 aliphatic carbocycles. The molecule has 3 heteroatoms. The van der Waals surface area contributed by atoms with Crippen molar-refractivity contribution in [3.05, 3.63) is 58.4 Å². The Hall–Kier alpha value is -2.68. The molecule has 4 rings (SSSR count). The lowest BCUT2D eigenvalue weighted by Gasteiger charge is -2.12. The number of hydrogen-bond acceptors (Lipinski definition) is 2. The van der Waals surface area contributed by atoms with Crippen molar-refractivity contribution < 1.29 is 22.7 Å². The minimum atomic E-state index is -2.80. The van der Waals surface area contributed by atoms with Crippen LogP contribution in [0.2, 0.25) is 0 Å². The second-order valence-corrected chi connectivity index (χ2v) is 6.95. The number of pyridine rings is 2. The molecule has 1 unspecified atom stereocenters. The third kappa shape index (κ3) is 2.73. The summed E-state index contributed by atoms with van der Waals surface area (Å²) in [5.41, 5.74) is 2.36. The van der Waals surface area contributed by atoms with Crippen LogP contribution in [0.15, 0.2) is 34.9 Å². The Morgan fingerprint density at radius 1 is 1.15 bits per heavy atom. The zero-order chi connectivity index (χ0) is 27.9. The van der Waals surface area contributed by atoms with E-state index in [-0.39, 0.29) is 22.4 Å². The normalized spacial score (nSPS) is 20.9. The van der Waals surface area contributed by atoms with Gasteiger partial charge in [-0.25, -0.2) is 9.55 Å². The third-order valence-corrected chi connectivity index (χ3v) is 4.88. The van der Waals surface area contributed by atoms with E-state index in [1.54, 1.807) is 30.7 Å². The molecule has 0 spiro atoms. The Bertz CT molecular complexity index is 1540. The van der Waals surface area contributed by atoms with Crippen LogP contribution in [0.4, 0.5) is 0 Å². The fourth-order valence-corrected chi connectivity index (χ4v) is 3.59. The van der Waals surface area contributed by atoms with Crippen LogP contribution in [0.1, 0.15) is 61.3 Å². The van der Waals surface area contributed by atoms with Crippen LogP contribution in [0.5, 0.6) is 0 Å². The van der Waals surface area contributed by atoms with E-state index in [4.69, 9.17) is 18.1 Å². The Morgan fingerprint density at radius 3 is 2.70 bits per heavy atom. The highest BCUT2D eigenvalue weighted by Gasteiger charge is 2.23. The number of fused-ring (bicyclic) bond motifs is 3. The molecule has 0 aliphatic heterocycles. The summed E-state index contributed by atoms with van der Waals surface area (Å²) < 4.78 is 88.2. The number of furan rings is 1. The molecular weight excluding hydrogens is 332 g/mol. The van der Waals surface area contributed by atoms with E-state index in [0.29, 0.717) is 33.3 Å². The second-order valence-electron chi connectivity index (χ2n) is 6.95. The molecule has 0 saturated carbocycles. The molecule has 4 aromatic rings. The van der Waals surface area contributed by atoms with Gasteiger partial charge in [-0.05, 0) is 56.2 Å². The van der Waals surface area contributed by atoms with Crippen LogP contribution in [-0.4, -0.2) is 4.98 Å². The van der Waals surface area contributed by atoms with Crippen LogP contribution in [0.25, 0.3) is 33.3 Å². The molecule has 0 saturated heterocycles.